The fraction of sp³-hybridized carbons (Fsp3) is 0.133. The number of aliphatic hydroxyl groups is 1. The number of hydrogen-bond acceptors (Lipinski definition) is 4. The van der Waals surface area contributed by atoms with E-state index in [0.717, 1.165) is 0 Å². The number of anilines is 1. The number of nitrogens with zero attached hydrogens (tertiary/aromatic N) is 1. The van der Waals surface area contributed by atoms with Crippen molar-refractivity contribution in [2.75, 3.05) is 11.9 Å². The largest absolute Gasteiger partial charge is 0.370 e. The molecule has 0 saturated heterocycles. The van der Waals surface area contributed by atoms with Gasteiger partial charge in [0, 0.05) is 10.6 Å². The summed E-state index contributed by atoms with van der Waals surface area (Å²) in [6.07, 6.45) is 0. The molecule has 0 radical (unpaired) electrons. The Balaban J connectivity index is 2.32. The molecule has 2 aromatic carbocycles. The summed E-state index contributed by atoms with van der Waals surface area (Å²) < 4.78 is 0. The van der Waals surface area contributed by atoms with E-state index in [2.05, 4.69) is 5.32 Å². The number of benzene rings is 2. The molecule has 108 valence electrons. The van der Waals surface area contributed by atoms with E-state index in [0.29, 0.717) is 5.69 Å². The van der Waals surface area contributed by atoms with E-state index in [1.807, 2.05) is 0 Å². The van der Waals surface area contributed by atoms with Gasteiger partial charge in [-0.2, -0.15) is 0 Å². The molecule has 2 rings (SSSR count). The third-order valence-electron chi connectivity index (χ3n) is 3.02. The van der Waals surface area contributed by atoms with Gasteiger partial charge in [0.1, 0.15) is 0 Å². The average Bonchev–Trinajstić information content (AvgIpc) is 2.48. The molecule has 0 aliphatic heterocycles. The maximum absolute atomic E-state index is 12.3. The van der Waals surface area contributed by atoms with Gasteiger partial charge in [0.25, 0.3) is 5.91 Å². The number of para-hydroxylation sites is 1. The smallest absolute Gasteiger partial charge is 0.268 e. The summed E-state index contributed by atoms with van der Waals surface area (Å²) in [5.41, 5.74) is -1.59. The molecule has 0 unspecified atom stereocenters. The highest BCUT2D eigenvalue weighted by molar-refractivity contribution is 5.97. The Hall–Kier alpha value is -2.73. The molecule has 6 heteroatoms. The Morgan fingerprint density at radius 2 is 1.62 bits per heavy atom. The van der Waals surface area contributed by atoms with Crippen molar-refractivity contribution in [3.63, 3.8) is 0 Å². The molecule has 21 heavy (non-hydrogen) atoms. The average molecular weight is 286 g/mol. The molecular weight excluding hydrogens is 272 g/mol. The van der Waals surface area contributed by atoms with Crippen LogP contribution in [0.4, 0.5) is 5.69 Å². The third-order valence-corrected chi connectivity index (χ3v) is 3.02. The van der Waals surface area contributed by atoms with E-state index < -0.39 is 23.0 Å². The van der Waals surface area contributed by atoms with Gasteiger partial charge in [-0.15, -0.1) is 0 Å². The predicted molar refractivity (Wildman–Crippen MR) is 77.3 cm³/mol. The van der Waals surface area contributed by atoms with Crippen molar-refractivity contribution in [3.05, 3.63) is 76.3 Å². The second kappa shape index (κ2) is 6.15. The van der Waals surface area contributed by atoms with E-state index in [4.69, 9.17) is 0 Å². The van der Waals surface area contributed by atoms with E-state index in [-0.39, 0.29) is 5.56 Å². The highest BCUT2D eigenvalue weighted by Gasteiger charge is 2.43. The summed E-state index contributed by atoms with van der Waals surface area (Å²) in [7, 11) is 0. The Bertz CT molecular complexity index is 631. The zero-order valence-electron chi connectivity index (χ0n) is 11.1. The van der Waals surface area contributed by atoms with Gasteiger partial charge in [0.15, 0.2) is 0 Å². The minimum absolute atomic E-state index is 0.176. The molecule has 0 heterocycles. The molecule has 6 nitrogen and oxygen atoms in total. The van der Waals surface area contributed by atoms with Crippen LogP contribution in [0.1, 0.15) is 5.56 Å². The normalized spacial score (nSPS) is 13.2. The Kier molecular flexibility index (Phi) is 4.30. The summed E-state index contributed by atoms with van der Waals surface area (Å²) >= 11 is 0. The molecule has 2 aromatic rings. The lowest BCUT2D eigenvalue weighted by Crippen LogP contribution is -2.45. The molecule has 0 aromatic heterocycles. The first kappa shape index (κ1) is 14.7. The van der Waals surface area contributed by atoms with Gasteiger partial charge in [0.05, 0.1) is 0 Å². The Morgan fingerprint density at radius 3 is 2.14 bits per heavy atom. The molecule has 2 N–H and O–H groups in total. The number of nitrogens with one attached hydrogen (secondary N) is 1. The number of carbonyl (C=O) groups is 1. The molecule has 0 fully saturated rings. The van der Waals surface area contributed by atoms with Crippen molar-refractivity contribution in [1.82, 2.24) is 0 Å². The monoisotopic (exact) mass is 286 g/mol. The quantitative estimate of drug-likeness (QED) is 0.647. The van der Waals surface area contributed by atoms with Gasteiger partial charge >= 0.3 is 0 Å². The predicted octanol–water partition coefficient (Wildman–Crippen LogP) is 1.79. The molecule has 0 aliphatic rings. The number of rotatable bonds is 5. The SMILES string of the molecule is O=C(Nc1ccccc1)[C@@](O)(C[N+](=O)[O-])c1ccccc1. The first-order valence-electron chi connectivity index (χ1n) is 6.28. The summed E-state index contributed by atoms with van der Waals surface area (Å²) in [6.45, 7) is -0.907. The number of carbonyl (C=O) groups excluding carboxylic acids is 1. The van der Waals surface area contributed by atoms with Crippen molar-refractivity contribution in [1.29, 1.82) is 0 Å². The zero-order valence-corrected chi connectivity index (χ0v) is 11.1. The van der Waals surface area contributed by atoms with E-state index >= 15 is 0 Å². The van der Waals surface area contributed by atoms with Gasteiger partial charge in [-0.05, 0) is 17.7 Å². The van der Waals surface area contributed by atoms with Crippen LogP contribution in [-0.2, 0) is 10.4 Å². The maximum atomic E-state index is 12.3. The summed E-state index contributed by atoms with van der Waals surface area (Å²) in [6, 6.07) is 16.3. The fourth-order valence-electron chi connectivity index (χ4n) is 1.95. The van der Waals surface area contributed by atoms with Crippen LogP contribution in [0.2, 0.25) is 0 Å². The molecule has 0 bridgehead atoms. The topological polar surface area (TPSA) is 92.5 Å². The van der Waals surface area contributed by atoms with Gasteiger partial charge in [0.2, 0.25) is 12.1 Å². The lowest BCUT2D eigenvalue weighted by atomic mass is 9.92. The van der Waals surface area contributed by atoms with Gasteiger partial charge < -0.3 is 10.4 Å². The molecular formula is C15H14N2O4. The van der Waals surface area contributed by atoms with Gasteiger partial charge in [-0.1, -0.05) is 48.5 Å². The molecule has 0 aliphatic carbocycles. The van der Waals surface area contributed by atoms with Crippen LogP contribution >= 0.6 is 0 Å². The number of amides is 1. The minimum Gasteiger partial charge on any atom is -0.370 e. The van der Waals surface area contributed by atoms with Crippen LogP contribution in [0.25, 0.3) is 0 Å². The van der Waals surface area contributed by atoms with Crippen LogP contribution in [0.3, 0.4) is 0 Å². The minimum atomic E-state index is -2.22. The summed E-state index contributed by atoms with van der Waals surface area (Å²) in [5.74, 6) is -0.836. The second-order valence-corrected chi connectivity index (χ2v) is 4.54. The molecule has 1 amide bonds. The Morgan fingerprint density at radius 1 is 1.10 bits per heavy atom. The Labute approximate surface area is 121 Å². The van der Waals surface area contributed by atoms with Crippen LogP contribution < -0.4 is 5.32 Å². The first-order chi connectivity index (χ1) is 10.0. The summed E-state index contributed by atoms with van der Waals surface area (Å²) in [4.78, 5) is 22.4. The number of hydrogen-bond donors (Lipinski definition) is 2. The van der Waals surface area contributed by atoms with Crippen LogP contribution in [0.5, 0.6) is 0 Å². The summed E-state index contributed by atoms with van der Waals surface area (Å²) in [5, 5.41) is 23.8. The first-order valence-corrected chi connectivity index (χ1v) is 6.28. The molecule has 1 atom stereocenters. The van der Waals surface area contributed by atoms with Crippen molar-refractivity contribution in [3.8, 4) is 0 Å². The van der Waals surface area contributed by atoms with Crippen molar-refractivity contribution < 1.29 is 14.8 Å². The maximum Gasteiger partial charge on any atom is 0.268 e. The van der Waals surface area contributed by atoms with Gasteiger partial charge in [-0.3, -0.25) is 14.9 Å². The van der Waals surface area contributed by atoms with Crippen LogP contribution in [-0.4, -0.2) is 22.5 Å². The standard InChI is InChI=1S/C15H14N2O4/c18-14(16-13-9-5-2-6-10-13)15(19,11-17(20)21)12-7-3-1-4-8-12/h1-10,19H,11H2,(H,16,18)/t15-/m1/s1. The van der Waals surface area contributed by atoms with E-state index in [1.54, 1.807) is 48.5 Å². The fourth-order valence-corrected chi connectivity index (χ4v) is 1.95. The third kappa shape index (κ3) is 3.43. The van der Waals surface area contributed by atoms with E-state index in [9.17, 15) is 20.0 Å². The highest BCUT2D eigenvalue weighted by Crippen LogP contribution is 2.23. The van der Waals surface area contributed by atoms with Crippen LogP contribution in [0, 0.1) is 10.1 Å². The van der Waals surface area contributed by atoms with Crippen molar-refractivity contribution in [2.24, 2.45) is 0 Å². The molecule has 0 spiro atoms. The lowest BCUT2D eigenvalue weighted by molar-refractivity contribution is -0.498. The van der Waals surface area contributed by atoms with Gasteiger partial charge in [-0.25, -0.2) is 0 Å². The van der Waals surface area contributed by atoms with Crippen LogP contribution in [0.15, 0.2) is 60.7 Å². The zero-order chi connectivity index (χ0) is 15.3. The second-order valence-electron chi connectivity index (χ2n) is 4.54. The number of nitro groups is 1. The van der Waals surface area contributed by atoms with Crippen molar-refractivity contribution >= 4 is 11.6 Å². The highest BCUT2D eigenvalue weighted by atomic mass is 16.6. The lowest BCUT2D eigenvalue weighted by Gasteiger charge is -2.23. The van der Waals surface area contributed by atoms with E-state index in [1.165, 1.54) is 12.1 Å². The molecule has 0 saturated carbocycles. The van der Waals surface area contributed by atoms with Crippen molar-refractivity contribution in [2.45, 2.75) is 5.60 Å².